The van der Waals surface area contributed by atoms with E-state index in [1.165, 1.54) is 0 Å². The van der Waals surface area contributed by atoms with E-state index in [1.807, 2.05) is 46.1 Å². The van der Waals surface area contributed by atoms with E-state index in [0.717, 1.165) is 31.6 Å². The minimum absolute atomic E-state index is 0.0799. The fraction of sp³-hybridized carbons (Fsp3) is 0.444. The van der Waals surface area contributed by atoms with Gasteiger partial charge in [-0.25, -0.2) is 4.79 Å². The first-order chi connectivity index (χ1) is 12.3. The number of nitrogens with one attached hydrogen (secondary N) is 1. The Bertz CT molecular complexity index is 675. The van der Waals surface area contributed by atoms with Crippen molar-refractivity contribution >= 4 is 11.7 Å². The fourth-order valence-electron chi connectivity index (χ4n) is 3.02. The molecule has 2 amide bonds. The monoisotopic (exact) mass is 344 g/mol. The standard InChI is InChI=1S/C18H24N4O3/c1-24-11-12-25-17-7-2-5-15(13-17)20-18(23)22-10-3-6-16(22)14-21-9-4-8-19-21/h2,4-5,7-9,13,16H,3,6,10-12,14H2,1H3,(H,20,23). The second-order valence-electron chi connectivity index (χ2n) is 6.02. The number of likely N-dealkylation sites (tertiary alicyclic amines) is 1. The van der Waals surface area contributed by atoms with Crippen LogP contribution in [-0.4, -0.2) is 53.6 Å². The maximum absolute atomic E-state index is 12.6. The number of hydrogen-bond donors (Lipinski definition) is 1. The number of carbonyl (C=O) groups is 1. The molecule has 2 heterocycles. The van der Waals surface area contributed by atoms with E-state index < -0.39 is 0 Å². The molecule has 0 aliphatic carbocycles. The minimum Gasteiger partial charge on any atom is -0.491 e. The van der Waals surface area contributed by atoms with Crippen molar-refractivity contribution in [2.24, 2.45) is 0 Å². The highest BCUT2D eigenvalue weighted by molar-refractivity contribution is 5.89. The third kappa shape index (κ3) is 4.73. The lowest BCUT2D eigenvalue weighted by molar-refractivity contribution is 0.146. The first-order valence-corrected chi connectivity index (χ1v) is 8.53. The Hall–Kier alpha value is -2.54. The molecule has 1 fully saturated rings. The van der Waals surface area contributed by atoms with E-state index in [1.54, 1.807) is 13.3 Å². The molecule has 0 bridgehead atoms. The number of methoxy groups -OCH3 is 1. The maximum Gasteiger partial charge on any atom is 0.322 e. The van der Waals surface area contributed by atoms with Gasteiger partial charge in [-0.05, 0) is 31.0 Å². The predicted octanol–water partition coefficient (Wildman–Crippen LogP) is 2.60. The van der Waals surface area contributed by atoms with Gasteiger partial charge in [0, 0.05) is 37.8 Å². The van der Waals surface area contributed by atoms with Crippen molar-refractivity contribution in [1.82, 2.24) is 14.7 Å². The molecule has 0 saturated carbocycles. The Morgan fingerprint density at radius 3 is 3.08 bits per heavy atom. The summed E-state index contributed by atoms with van der Waals surface area (Å²) in [6.07, 6.45) is 5.69. The van der Waals surface area contributed by atoms with Gasteiger partial charge < -0.3 is 19.7 Å². The van der Waals surface area contributed by atoms with Gasteiger partial charge in [0.2, 0.25) is 0 Å². The van der Waals surface area contributed by atoms with Gasteiger partial charge in [0.15, 0.2) is 0 Å². The number of amides is 2. The highest BCUT2D eigenvalue weighted by Crippen LogP contribution is 2.22. The molecular weight excluding hydrogens is 320 g/mol. The summed E-state index contributed by atoms with van der Waals surface area (Å²) in [5.74, 6) is 0.712. The number of anilines is 1. The van der Waals surface area contributed by atoms with Gasteiger partial charge in [-0.15, -0.1) is 0 Å². The van der Waals surface area contributed by atoms with Crippen LogP contribution in [0.3, 0.4) is 0 Å². The zero-order valence-corrected chi connectivity index (χ0v) is 14.4. The maximum atomic E-state index is 12.6. The smallest absolute Gasteiger partial charge is 0.322 e. The van der Waals surface area contributed by atoms with Crippen molar-refractivity contribution in [3.8, 4) is 5.75 Å². The molecule has 3 rings (SSSR count). The van der Waals surface area contributed by atoms with E-state index in [-0.39, 0.29) is 12.1 Å². The van der Waals surface area contributed by atoms with Crippen LogP contribution in [0.5, 0.6) is 5.75 Å². The number of ether oxygens (including phenoxy) is 2. The number of benzene rings is 1. The average Bonchev–Trinajstić information content (AvgIpc) is 3.28. The van der Waals surface area contributed by atoms with Crippen LogP contribution in [0.4, 0.5) is 10.5 Å². The molecule has 1 unspecified atom stereocenters. The lowest BCUT2D eigenvalue weighted by atomic mass is 10.2. The lowest BCUT2D eigenvalue weighted by Crippen LogP contribution is -2.40. The summed E-state index contributed by atoms with van der Waals surface area (Å²) in [5.41, 5.74) is 0.727. The van der Waals surface area contributed by atoms with Crippen LogP contribution >= 0.6 is 0 Å². The first-order valence-electron chi connectivity index (χ1n) is 8.53. The van der Waals surface area contributed by atoms with Crippen molar-refractivity contribution in [3.63, 3.8) is 0 Å². The Labute approximate surface area is 147 Å². The molecule has 25 heavy (non-hydrogen) atoms. The molecule has 1 aliphatic heterocycles. The minimum atomic E-state index is -0.0799. The molecule has 1 aromatic carbocycles. The molecule has 0 spiro atoms. The molecular formula is C18H24N4O3. The highest BCUT2D eigenvalue weighted by Gasteiger charge is 2.29. The zero-order valence-electron chi connectivity index (χ0n) is 14.4. The summed E-state index contributed by atoms with van der Waals surface area (Å²) < 4.78 is 12.4. The van der Waals surface area contributed by atoms with Gasteiger partial charge in [-0.1, -0.05) is 6.07 Å². The number of urea groups is 1. The third-order valence-corrected chi connectivity index (χ3v) is 4.24. The number of rotatable bonds is 7. The predicted molar refractivity (Wildman–Crippen MR) is 94.8 cm³/mol. The van der Waals surface area contributed by atoms with Gasteiger partial charge in [0.1, 0.15) is 12.4 Å². The normalized spacial score (nSPS) is 16.8. The second kappa shape index (κ2) is 8.53. The molecule has 1 atom stereocenters. The van der Waals surface area contributed by atoms with Crippen molar-refractivity contribution in [2.75, 3.05) is 32.2 Å². The van der Waals surface area contributed by atoms with Crippen LogP contribution < -0.4 is 10.1 Å². The second-order valence-corrected chi connectivity index (χ2v) is 6.02. The molecule has 0 radical (unpaired) electrons. The van der Waals surface area contributed by atoms with E-state index in [0.29, 0.717) is 19.0 Å². The van der Waals surface area contributed by atoms with Crippen LogP contribution in [0.25, 0.3) is 0 Å². The van der Waals surface area contributed by atoms with Gasteiger partial charge >= 0.3 is 6.03 Å². The van der Waals surface area contributed by atoms with Crippen LogP contribution in [-0.2, 0) is 11.3 Å². The Balaban J connectivity index is 1.58. The fourth-order valence-corrected chi connectivity index (χ4v) is 3.02. The Morgan fingerprint density at radius 2 is 2.28 bits per heavy atom. The summed E-state index contributed by atoms with van der Waals surface area (Å²) in [5, 5.41) is 7.21. The molecule has 134 valence electrons. The van der Waals surface area contributed by atoms with Gasteiger partial charge in [0.05, 0.1) is 19.2 Å². The highest BCUT2D eigenvalue weighted by atomic mass is 16.5. The summed E-state index contributed by atoms with van der Waals surface area (Å²) in [6, 6.07) is 9.40. The Kier molecular flexibility index (Phi) is 5.90. The molecule has 1 N–H and O–H groups in total. The summed E-state index contributed by atoms with van der Waals surface area (Å²) in [7, 11) is 1.63. The average molecular weight is 344 g/mol. The molecule has 1 aliphatic rings. The van der Waals surface area contributed by atoms with Gasteiger partial charge in [0.25, 0.3) is 0 Å². The molecule has 1 saturated heterocycles. The SMILES string of the molecule is COCCOc1cccc(NC(=O)N2CCCC2Cn2cccn2)c1. The van der Waals surface area contributed by atoms with Crippen LogP contribution in [0.2, 0.25) is 0 Å². The summed E-state index contributed by atoms with van der Waals surface area (Å²) in [4.78, 5) is 14.5. The van der Waals surface area contributed by atoms with Crippen molar-refractivity contribution < 1.29 is 14.3 Å². The van der Waals surface area contributed by atoms with Crippen molar-refractivity contribution in [1.29, 1.82) is 0 Å². The van der Waals surface area contributed by atoms with Crippen LogP contribution in [0, 0.1) is 0 Å². The summed E-state index contributed by atoms with van der Waals surface area (Å²) in [6.45, 7) is 2.49. The van der Waals surface area contributed by atoms with Crippen molar-refractivity contribution in [2.45, 2.75) is 25.4 Å². The summed E-state index contributed by atoms with van der Waals surface area (Å²) >= 11 is 0. The number of carbonyl (C=O) groups excluding carboxylic acids is 1. The largest absolute Gasteiger partial charge is 0.491 e. The van der Waals surface area contributed by atoms with E-state index >= 15 is 0 Å². The van der Waals surface area contributed by atoms with E-state index in [4.69, 9.17) is 9.47 Å². The molecule has 7 nitrogen and oxygen atoms in total. The Morgan fingerprint density at radius 1 is 1.36 bits per heavy atom. The molecule has 7 heteroatoms. The van der Waals surface area contributed by atoms with Gasteiger partial charge in [-0.2, -0.15) is 5.10 Å². The number of aromatic nitrogens is 2. The quantitative estimate of drug-likeness (QED) is 0.784. The zero-order chi connectivity index (χ0) is 17.5. The molecule has 2 aromatic rings. The van der Waals surface area contributed by atoms with E-state index in [9.17, 15) is 4.79 Å². The lowest BCUT2D eigenvalue weighted by Gasteiger charge is -2.25. The first kappa shape index (κ1) is 17.3. The van der Waals surface area contributed by atoms with Gasteiger partial charge in [-0.3, -0.25) is 4.68 Å². The molecule has 1 aromatic heterocycles. The topological polar surface area (TPSA) is 68.6 Å². The van der Waals surface area contributed by atoms with E-state index in [2.05, 4.69) is 10.4 Å². The number of hydrogen-bond acceptors (Lipinski definition) is 4. The van der Waals surface area contributed by atoms with Crippen LogP contribution in [0.15, 0.2) is 42.7 Å². The van der Waals surface area contributed by atoms with Crippen LogP contribution in [0.1, 0.15) is 12.8 Å². The third-order valence-electron chi connectivity index (χ3n) is 4.24. The van der Waals surface area contributed by atoms with Crippen molar-refractivity contribution in [3.05, 3.63) is 42.7 Å². The number of nitrogens with zero attached hydrogens (tertiary/aromatic N) is 3.